The molecule has 0 aliphatic rings. The van der Waals surface area contributed by atoms with Crippen molar-refractivity contribution < 1.29 is 14.7 Å². The number of aromatic nitrogens is 2. The largest absolute Gasteiger partial charge is 0.480 e. The molecule has 1 heterocycles. The molecule has 1 amide bonds. The number of hydrogen-bond donors (Lipinski definition) is 2. The fourth-order valence-electron chi connectivity index (χ4n) is 2.16. The molecule has 0 spiro atoms. The predicted molar refractivity (Wildman–Crippen MR) is 82.3 cm³/mol. The Morgan fingerprint density at radius 1 is 1.27 bits per heavy atom. The van der Waals surface area contributed by atoms with E-state index in [0.29, 0.717) is 11.3 Å². The van der Waals surface area contributed by atoms with Crippen LogP contribution in [0.5, 0.6) is 0 Å². The van der Waals surface area contributed by atoms with E-state index in [9.17, 15) is 9.59 Å². The average molecular weight is 301 g/mol. The van der Waals surface area contributed by atoms with Crippen molar-refractivity contribution >= 4 is 11.9 Å². The van der Waals surface area contributed by atoms with Gasteiger partial charge in [-0.25, -0.2) is 4.68 Å². The van der Waals surface area contributed by atoms with Gasteiger partial charge < -0.3 is 10.4 Å². The first-order valence-electron chi connectivity index (χ1n) is 6.97. The predicted octanol–water partition coefficient (Wildman–Crippen LogP) is 2.00. The number of hydrogen-bond acceptors (Lipinski definition) is 3. The van der Waals surface area contributed by atoms with Crippen molar-refractivity contribution in [1.82, 2.24) is 15.1 Å². The molecule has 1 atom stereocenters. The zero-order valence-electron chi connectivity index (χ0n) is 13.0. The number of carboxylic acid groups (broad SMARTS) is 1. The Morgan fingerprint density at radius 2 is 1.95 bits per heavy atom. The lowest BCUT2D eigenvalue weighted by Crippen LogP contribution is -2.38. The zero-order valence-corrected chi connectivity index (χ0v) is 13.0. The smallest absolute Gasteiger partial charge is 0.325 e. The number of carbonyl (C=O) groups excluding carboxylic acids is 1. The van der Waals surface area contributed by atoms with E-state index in [1.807, 2.05) is 32.0 Å². The van der Waals surface area contributed by atoms with Crippen LogP contribution in [0.15, 0.2) is 24.4 Å². The Labute approximate surface area is 128 Å². The molecular formula is C16H19N3O3. The summed E-state index contributed by atoms with van der Waals surface area (Å²) in [6, 6.07) is 5.06. The molecule has 0 aliphatic heterocycles. The summed E-state index contributed by atoms with van der Waals surface area (Å²) in [5.74, 6) is -1.52. The second-order valence-electron chi connectivity index (χ2n) is 5.38. The maximum atomic E-state index is 12.1. The number of aliphatic carboxylic acids is 1. The highest BCUT2D eigenvalue weighted by Crippen LogP contribution is 2.19. The molecule has 0 unspecified atom stereocenters. The van der Waals surface area contributed by atoms with Crippen molar-refractivity contribution in [1.29, 1.82) is 0 Å². The van der Waals surface area contributed by atoms with E-state index in [1.165, 1.54) is 13.1 Å². The number of nitrogens with zero attached hydrogens (tertiary/aromatic N) is 2. The fraction of sp³-hybridized carbons (Fsp3) is 0.312. The maximum absolute atomic E-state index is 12.1. The summed E-state index contributed by atoms with van der Waals surface area (Å²) in [4.78, 5) is 23.0. The summed E-state index contributed by atoms with van der Waals surface area (Å²) in [6.07, 6.45) is 1.46. The van der Waals surface area contributed by atoms with E-state index in [4.69, 9.17) is 5.11 Å². The fourth-order valence-corrected chi connectivity index (χ4v) is 2.16. The van der Waals surface area contributed by atoms with Crippen LogP contribution in [-0.2, 0) is 4.79 Å². The SMILES string of the molecule is Cc1ccc(C)c(-n2ncc(C(=O)N[C@@H](C)C(=O)O)c2C)c1. The average Bonchev–Trinajstić information content (AvgIpc) is 2.83. The highest BCUT2D eigenvalue weighted by atomic mass is 16.4. The van der Waals surface area contributed by atoms with Crippen molar-refractivity contribution in [2.24, 2.45) is 0 Å². The van der Waals surface area contributed by atoms with Gasteiger partial charge in [-0.2, -0.15) is 5.10 Å². The zero-order chi connectivity index (χ0) is 16.4. The minimum Gasteiger partial charge on any atom is -0.480 e. The molecule has 6 nitrogen and oxygen atoms in total. The monoisotopic (exact) mass is 301 g/mol. The molecule has 2 aromatic rings. The Kier molecular flexibility index (Phi) is 4.30. The molecule has 0 radical (unpaired) electrons. The van der Waals surface area contributed by atoms with E-state index < -0.39 is 17.9 Å². The molecule has 1 aromatic carbocycles. The molecule has 0 aliphatic carbocycles. The third kappa shape index (κ3) is 3.00. The van der Waals surface area contributed by atoms with Gasteiger partial charge in [-0.05, 0) is 44.9 Å². The van der Waals surface area contributed by atoms with E-state index >= 15 is 0 Å². The molecular weight excluding hydrogens is 282 g/mol. The van der Waals surface area contributed by atoms with E-state index in [0.717, 1.165) is 16.8 Å². The van der Waals surface area contributed by atoms with E-state index in [-0.39, 0.29) is 0 Å². The molecule has 2 N–H and O–H groups in total. The van der Waals surface area contributed by atoms with E-state index in [2.05, 4.69) is 10.4 Å². The van der Waals surface area contributed by atoms with Crippen LogP contribution in [0.3, 0.4) is 0 Å². The summed E-state index contributed by atoms with van der Waals surface area (Å²) in [5, 5.41) is 15.6. The van der Waals surface area contributed by atoms with Gasteiger partial charge in [0.25, 0.3) is 5.91 Å². The van der Waals surface area contributed by atoms with Gasteiger partial charge in [0.1, 0.15) is 6.04 Å². The first-order valence-corrected chi connectivity index (χ1v) is 6.97. The van der Waals surface area contributed by atoms with Crippen LogP contribution in [0.25, 0.3) is 5.69 Å². The van der Waals surface area contributed by atoms with Crippen LogP contribution in [0.1, 0.15) is 34.1 Å². The number of aryl methyl sites for hydroxylation is 2. The molecule has 0 saturated heterocycles. The van der Waals surface area contributed by atoms with Crippen LogP contribution in [0.4, 0.5) is 0 Å². The van der Waals surface area contributed by atoms with Gasteiger partial charge in [0.15, 0.2) is 0 Å². The third-order valence-corrected chi connectivity index (χ3v) is 3.57. The second kappa shape index (κ2) is 6.01. The topological polar surface area (TPSA) is 84.2 Å². The molecule has 116 valence electrons. The molecule has 0 fully saturated rings. The summed E-state index contributed by atoms with van der Waals surface area (Å²) in [7, 11) is 0. The molecule has 2 rings (SSSR count). The van der Waals surface area contributed by atoms with Crippen molar-refractivity contribution in [3.63, 3.8) is 0 Å². The highest BCUT2D eigenvalue weighted by molar-refractivity contribution is 5.97. The maximum Gasteiger partial charge on any atom is 0.325 e. The van der Waals surface area contributed by atoms with Crippen LogP contribution in [-0.4, -0.2) is 32.8 Å². The molecule has 0 saturated carbocycles. The Bertz CT molecular complexity index is 734. The molecule has 1 aromatic heterocycles. The normalized spacial score (nSPS) is 12.0. The Morgan fingerprint density at radius 3 is 2.59 bits per heavy atom. The number of carboxylic acids is 1. The van der Waals surface area contributed by atoms with Gasteiger partial charge in [-0.15, -0.1) is 0 Å². The standard InChI is InChI=1S/C16H19N3O3/c1-9-5-6-10(2)14(7-9)19-12(4)13(8-17-19)15(20)18-11(3)16(21)22/h5-8,11H,1-4H3,(H,18,20)(H,21,22)/t11-/m0/s1. The van der Waals surface area contributed by atoms with E-state index in [1.54, 1.807) is 11.6 Å². The Balaban J connectivity index is 2.35. The van der Waals surface area contributed by atoms with Gasteiger partial charge >= 0.3 is 5.97 Å². The summed E-state index contributed by atoms with van der Waals surface area (Å²) in [6.45, 7) is 7.17. The van der Waals surface area contributed by atoms with Crippen molar-refractivity contribution in [2.45, 2.75) is 33.7 Å². The first-order chi connectivity index (χ1) is 10.3. The number of nitrogens with one attached hydrogen (secondary N) is 1. The summed E-state index contributed by atoms with van der Waals surface area (Å²) >= 11 is 0. The number of benzene rings is 1. The lowest BCUT2D eigenvalue weighted by molar-refractivity contribution is -0.138. The molecule has 6 heteroatoms. The van der Waals surface area contributed by atoms with Crippen LogP contribution in [0.2, 0.25) is 0 Å². The van der Waals surface area contributed by atoms with Crippen molar-refractivity contribution in [3.05, 3.63) is 46.8 Å². The second-order valence-corrected chi connectivity index (χ2v) is 5.38. The van der Waals surface area contributed by atoms with Gasteiger partial charge in [0.05, 0.1) is 23.1 Å². The first kappa shape index (κ1) is 15.8. The summed E-state index contributed by atoms with van der Waals surface area (Å²) in [5.41, 5.74) is 4.09. The highest BCUT2D eigenvalue weighted by Gasteiger charge is 2.20. The van der Waals surface area contributed by atoms with Gasteiger partial charge in [0.2, 0.25) is 0 Å². The summed E-state index contributed by atoms with van der Waals surface area (Å²) < 4.78 is 1.70. The van der Waals surface area contributed by atoms with Crippen LogP contribution < -0.4 is 5.32 Å². The molecule has 0 bridgehead atoms. The van der Waals surface area contributed by atoms with Gasteiger partial charge in [-0.3, -0.25) is 9.59 Å². The number of rotatable bonds is 4. The van der Waals surface area contributed by atoms with Gasteiger partial charge in [0, 0.05) is 0 Å². The quantitative estimate of drug-likeness (QED) is 0.904. The van der Waals surface area contributed by atoms with Crippen LogP contribution >= 0.6 is 0 Å². The number of carbonyl (C=O) groups is 2. The van der Waals surface area contributed by atoms with Crippen molar-refractivity contribution in [3.8, 4) is 5.69 Å². The molecule has 22 heavy (non-hydrogen) atoms. The lowest BCUT2D eigenvalue weighted by atomic mass is 10.1. The third-order valence-electron chi connectivity index (χ3n) is 3.57. The minimum absolute atomic E-state index is 0.369. The lowest BCUT2D eigenvalue weighted by Gasteiger charge is -2.11. The van der Waals surface area contributed by atoms with Crippen LogP contribution in [0, 0.1) is 20.8 Å². The number of amides is 1. The Hall–Kier alpha value is -2.63. The minimum atomic E-state index is -1.08. The van der Waals surface area contributed by atoms with Crippen molar-refractivity contribution in [2.75, 3.05) is 0 Å². The van der Waals surface area contributed by atoms with Gasteiger partial charge in [-0.1, -0.05) is 12.1 Å².